The van der Waals surface area contributed by atoms with E-state index in [2.05, 4.69) is 45.6 Å². The second kappa shape index (κ2) is 10.9. The predicted octanol–water partition coefficient (Wildman–Crippen LogP) is 4.40. The molecule has 0 amide bonds. The Kier molecular flexibility index (Phi) is 7.96. The van der Waals surface area contributed by atoms with Crippen molar-refractivity contribution in [3.8, 4) is 0 Å². The molecule has 166 valence electrons. The number of hydrogen-bond acceptors (Lipinski definition) is 4. The lowest BCUT2D eigenvalue weighted by molar-refractivity contribution is 0.107. The Labute approximate surface area is 186 Å². The number of aliphatic imine (C=N–C) groups is 1. The summed E-state index contributed by atoms with van der Waals surface area (Å²) in [6, 6.07) is 9.78. The number of benzene rings is 1. The zero-order chi connectivity index (χ0) is 20.8. The number of hydrogen-bond donors (Lipinski definition) is 2. The first-order valence-electron chi connectivity index (χ1n) is 12.0. The highest BCUT2D eigenvalue weighted by atomic mass is 32.2. The Morgan fingerprint density at radius 3 is 2.40 bits per heavy atom. The summed E-state index contributed by atoms with van der Waals surface area (Å²) in [5.41, 5.74) is 7.62. The average Bonchev–Trinajstić information content (AvgIpc) is 2.81. The van der Waals surface area contributed by atoms with Gasteiger partial charge in [-0.05, 0) is 44.1 Å². The fraction of sp³-hybridized carbons (Fsp3) is 0.708. The molecule has 1 saturated heterocycles. The van der Waals surface area contributed by atoms with Crippen LogP contribution in [0.5, 0.6) is 0 Å². The number of para-hydroxylation sites is 1. The zero-order valence-electron chi connectivity index (χ0n) is 18.6. The minimum atomic E-state index is 0.190. The molecular weight excluding hydrogens is 390 g/mol. The predicted molar refractivity (Wildman–Crippen MR) is 130 cm³/mol. The van der Waals surface area contributed by atoms with Crippen molar-refractivity contribution in [2.75, 3.05) is 37.8 Å². The maximum Gasteiger partial charge on any atom is 0.198 e. The van der Waals surface area contributed by atoms with Crippen LogP contribution in [-0.2, 0) is 0 Å². The molecule has 0 radical (unpaired) electrons. The lowest BCUT2D eigenvalue weighted by atomic mass is 9.91. The van der Waals surface area contributed by atoms with E-state index in [1.165, 1.54) is 49.8 Å². The van der Waals surface area contributed by atoms with E-state index in [1.54, 1.807) is 11.8 Å². The molecule has 2 aliphatic carbocycles. The van der Waals surface area contributed by atoms with Crippen molar-refractivity contribution >= 4 is 23.4 Å². The molecule has 1 aromatic rings. The Hall–Kier alpha value is -1.24. The monoisotopic (exact) mass is 429 g/mol. The summed E-state index contributed by atoms with van der Waals surface area (Å²) < 4.78 is 0. The molecule has 4 rings (SSSR count). The average molecular weight is 430 g/mol. The molecular formula is C24H39N5S. The molecule has 30 heavy (non-hydrogen) atoms. The quantitative estimate of drug-likeness (QED) is 0.422. The van der Waals surface area contributed by atoms with Crippen molar-refractivity contribution in [2.45, 2.75) is 80.8 Å². The van der Waals surface area contributed by atoms with Crippen molar-refractivity contribution < 1.29 is 0 Å². The van der Waals surface area contributed by atoms with Gasteiger partial charge in [-0.15, -0.1) is 11.8 Å². The van der Waals surface area contributed by atoms with E-state index in [-0.39, 0.29) is 12.1 Å². The molecule has 5 nitrogen and oxygen atoms in total. The second-order valence-corrected chi connectivity index (χ2v) is 9.96. The molecule has 1 heterocycles. The van der Waals surface area contributed by atoms with Gasteiger partial charge in [0.1, 0.15) is 0 Å². The molecule has 2 atom stereocenters. The highest BCUT2D eigenvalue weighted by Gasteiger charge is 2.28. The smallest absolute Gasteiger partial charge is 0.198 e. The topological polar surface area (TPSA) is 56.9 Å². The van der Waals surface area contributed by atoms with Crippen LogP contribution in [0.25, 0.3) is 0 Å². The van der Waals surface area contributed by atoms with Crippen molar-refractivity contribution in [2.24, 2.45) is 10.7 Å². The summed E-state index contributed by atoms with van der Waals surface area (Å²) in [7, 11) is 0. The Balaban J connectivity index is 1.48. The maximum absolute atomic E-state index is 6.46. The molecule has 3 aliphatic rings. The van der Waals surface area contributed by atoms with Crippen LogP contribution in [0, 0.1) is 0 Å². The van der Waals surface area contributed by atoms with Gasteiger partial charge in [-0.3, -0.25) is 4.90 Å². The van der Waals surface area contributed by atoms with Crippen molar-refractivity contribution in [3.05, 3.63) is 24.3 Å². The highest BCUT2D eigenvalue weighted by molar-refractivity contribution is 7.98. The van der Waals surface area contributed by atoms with Gasteiger partial charge in [0.2, 0.25) is 0 Å². The van der Waals surface area contributed by atoms with Crippen LogP contribution in [0.15, 0.2) is 34.2 Å². The summed E-state index contributed by atoms with van der Waals surface area (Å²) in [6.45, 7) is 4.38. The molecule has 0 aromatic heterocycles. The normalized spacial score (nSPS) is 27.3. The van der Waals surface area contributed by atoms with E-state index in [1.807, 2.05) is 0 Å². The van der Waals surface area contributed by atoms with Gasteiger partial charge in [0.15, 0.2) is 5.96 Å². The number of guanidine groups is 1. The molecule has 0 bridgehead atoms. The van der Waals surface area contributed by atoms with E-state index in [9.17, 15) is 0 Å². The van der Waals surface area contributed by atoms with Gasteiger partial charge in [0.25, 0.3) is 0 Å². The van der Waals surface area contributed by atoms with Crippen molar-refractivity contribution in [1.82, 2.24) is 9.80 Å². The molecule has 1 aliphatic heterocycles. The summed E-state index contributed by atoms with van der Waals surface area (Å²) in [6.07, 6.45) is 13.8. The molecule has 6 heteroatoms. The van der Waals surface area contributed by atoms with Crippen LogP contribution in [0.2, 0.25) is 0 Å². The highest BCUT2D eigenvalue weighted by Crippen LogP contribution is 2.27. The first kappa shape index (κ1) is 22.0. The summed E-state index contributed by atoms with van der Waals surface area (Å²) in [5.74, 6) is 1.03. The summed E-state index contributed by atoms with van der Waals surface area (Å²) in [5, 5.41) is 3.71. The van der Waals surface area contributed by atoms with Crippen LogP contribution in [0.4, 0.5) is 5.69 Å². The fourth-order valence-corrected chi connectivity index (χ4v) is 5.82. The largest absolute Gasteiger partial charge is 0.340 e. The number of nitrogens with zero attached hydrogens (tertiary/aromatic N) is 3. The van der Waals surface area contributed by atoms with Crippen LogP contribution in [-0.4, -0.2) is 66.3 Å². The van der Waals surface area contributed by atoms with Gasteiger partial charge < -0.3 is 16.0 Å². The number of nitrogens with two attached hydrogens (primary N) is 1. The summed E-state index contributed by atoms with van der Waals surface area (Å²) >= 11 is 1.78. The van der Waals surface area contributed by atoms with Crippen molar-refractivity contribution in [1.29, 1.82) is 0 Å². The second-order valence-electron chi connectivity index (χ2n) is 9.11. The molecule has 3 N–H and O–H groups in total. The van der Waals surface area contributed by atoms with Crippen molar-refractivity contribution in [3.63, 3.8) is 0 Å². The Morgan fingerprint density at radius 2 is 1.67 bits per heavy atom. The van der Waals surface area contributed by atoms with Crippen LogP contribution in [0.3, 0.4) is 0 Å². The van der Waals surface area contributed by atoms with E-state index < -0.39 is 0 Å². The molecule has 0 unspecified atom stereocenters. The third-order valence-corrected chi connectivity index (χ3v) is 7.92. The summed E-state index contributed by atoms with van der Waals surface area (Å²) in [4.78, 5) is 11.7. The lowest BCUT2D eigenvalue weighted by Crippen LogP contribution is -2.54. The van der Waals surface area contributed by atoms with Crippen LogP contribution >= 0.6 is 11.8 Å². The maximum atomic E-state index is 6.46. The minimum Gasteiger partial charge on any atom is -0.340 e. The lowest BCUT2D eigenvalue weighted by Gasteiger charge is -2.42. The van der Waals surface area contributed by atoms with Gasteiger partial charge >= 0.3 is 0 Å². The SMILES string of the molecule is CSc1ccccc1NC(=N[C@H]1CCCC[C@@H]1N)N1CCN(C2CCCCC2)CC1. The fourth-order valence-electron chi connectivity index (χ4n) is 5.26. The standard InChI is InChI=1S/C24H39N5S/c1-30-23-14-8-7-13-22(23)27-24(26-21-12-6-5-11-20(21)25)29-17-15-28(16-18-29)19-9-3-2-4-10-19/h7-8,13-14,19-21H,2-6,9-12,15-18,25H2,1H3,(H,26,27)/t20-,21-/m0/s1. The van der Waals surface area contributed by atoms with E-state index in [0.717, 1.165) is 56.7 Å². The first-order chi connectivity index (χ1) is 14.7. The Bertz CT molecular complexity index is 695. The molecule has 0 spiro atoms. The van der Waals surface area contributed by atoms with E-state index in [4.69, 9.17) is 10.7 Å². The van der Waals surface area contributed by atoms with Gasteiger partial charge in [-0.25, -0.2) is 4.99 Å². The third-order valence-electron chi connectivity index (χ3n) is 7.13. The number of piperazine rings is 1. The van der Waals surface area contributed by atoms with E-state index >= 15 is 0 Å². The van der Waals surface area contributed by atoms with E-state index in [0.29, 0.717) is 0 Å². The Morgan fingerprint density at radius 1 is 0.967 bits per heavy atom. The zero-order valence-corrected chi connectivity index (χ0v) is 19.4. The van der Waals surface area contributed by atoms with Gasteiger partial charge in [-0.1, -0.05) is 44.2 Å². The van der Waals surface area contributed by atoms with Crippen LogP contribution in [0.1, 0.15) is 57.8 Å². The van der Waals surface area contributed by atoms with Gasteiger partial charge in [0.05, 0.1) is 11.7 Å². The molecule has 3 fully saturated rings. The number of rotatable bonds is 4. The number of thioether (sulfide) groups is 1. The molecule has 1 aromatic carbocycles. The third kappa shape index (κ3) is 5.51. The first-order valence-corrected chi connectivity index (χ1v) is 13.2. The number of anilines is 1. The van der Waals surface area contributed by atoms with Crippen LogP contribution < -0.4 is 11.1 Å². The number of nitrogens with one attached hydrogen (secondary N) is 1. The minimum absolute atomic E-state index is 0.190. The van der Waals surface area contributed by atoms with Gasteiger partial charge in [0, 0.05) is 43.2 Å². The molecule has 2 saturated carbocycles. The van der Waals surface area contributed by atoms with Gasteiger partial charge in [-0.2, -0.15) is 0 Å².